The minimum Gasteiger partial charge on any atom is -0.468 e. The summed E-state index contributed by atoms with van der Waals surface area (Å²) in [7, 11) is -0.395. The van der Waals surface area contributed by atoms with Crippen molar-refractivity contribution in [3.63, 3.8) is 0 Å². The number of ether oxygens (including phenoxy) is 2. The highest BCUT2D eigenvalue weighted by Crippen LogP contribution is 2.44. The molecule has 6 heteroatoms. The Labute approximate surface area is 153 Å². The first kappa shape index (κ1) is 19.9. The summed E-state index contributed by atoms with van der Waals surface area (Å²) >= 11 is 0. The SMILES string of the molecule is COC(=O)C(CCCP(=O)(c1ccccc1)c1ccccc1)C(=O)OC. The van der Waals surface area contributed by atoms with Crippen LogP contribution in [0.15, 0.2) is 60.7 Å². The predicted octanol–water partition coefficient (Wildman–Crippen LogP) is 2.74. The maximum atomic E-state index is 13.8. The molecule has 2 aromatic carbocycles. The van der Waals surface area contributed by atoms with Crippen LogP contribution in [0.25, 0.3) is 0 Å². The van der Waals surface area contributed by atoms with Gasteiger partial charge >= 0.3 is 11.9 Å². The molecule has 2 aromatic rings. The molecule has 0 fully saturated rings. The van der Waals surface area contributed by atoms with Gasteiger partial charge in [0.05, 0.1) is 14.2 Å². The van der Waals surface area contributed by atoms with Gasteiger partial charge in [-0.2, -0.15) is 0 Å². The van der Waals surface area contributed by atoms with Crippen LogP contribution in [-0.4, -0.2) is 32.3 Å². The molecule has 0 N–H and O–H groups in total. The minimum atomic E-state index is -2.86. The molecule has 5 nitrogen and oxygen atoms in total. The van der Waals surface area contributed by atoms with Crippen LogP contribution in [0.5, 0.6) is 0 Å². The smallest absolute Gasteiger partial charge is 0.320 e. The largest absolute Gasteiger partial charge is 0.468 e. The number of hydrogen-bond donors (Lipinski definition) is 0. The molecule has 0 aliphatic heterocycles. The Morgan fingerprint density at radius 3 is 1.65 bits per heavy atom. The van der Waals surface area contributed by atoms with Gasteiger partial charge in [-0.05, 0) is 12.8 Å². The Balaban J connectivity index is 2.22. The lowest BCUT2D eigenvalue weighted by molar-refractivity contribution is -0.159. The molecule has 0 aliphatic carbocycles. The Hall–Kier alpha value is -2.39. The van der Waals surface area contributed by atoms with Gasteiger partial charge in [-0.3, -0.25) is 9.59 Å². The van der Waals surface area contributed by atoms with E-state index in [2.05, 4.69) is 9.47 Å². The normalized spacial score (nSPS) is 11.2. The molecule has 0 amide bonds. The summed E-state index contributed by atoms with van der Waals surface area (Å²) in [4.78, 5) is 23.6. The first-order chi connectivity index (χ1) is 12.5. The van der Waals surface area contributed by atoms with Crippen molar-refractivity contribution in [3.8, 4) is 0 Å². The lowest BCUT2D eigenvalue weighted by Gasteiger charge is -2.20. The highest BCUT2D eigenvalue weighted by atomic mass is 31.2. The molecule has 0 spiro atoms. The van der Waals surface area contributed by atoms with Crippen molar-refractivity contribution < 1.29 is 23.6 Å². The molecule has 2 rings (SSSR count). The second kappa shape index (κ2) is 9.35. The summed E-state index contributed by atoms with van der Waals surface area (Å²) in [5.74, 6) is -2.26. The second-order valence-electron chi connectivity index (χ2n) is 5.88. The third kappa shape index (κ3) is 4.61. The number of carbonyl (C=O) groups is 2. The van der Waals surface area contributed by atoms with Crippen molar-refractivity contribution >= 4 is 29.7 Å². The number of carbonyl (C=O) groups excluding carboxylic acids is 2. The summed E-state index contributed by atoms with van der Waals surface area (Å²) in [6, 6.07) is 18.6. The number of methoxy groups -OCH3 is 2. The van der Waals surface area contributed by atoms with Crippen LogP contribution in [-0.2, 0) is 23.6 Å². The molecule has 0 atom stereocenters. The van der Waals surface area contributed by atoms with Crippen LogP contribution in [0.2, 0.25) is 0 Å². The summed E-state index contributed by atoms with van der Waals surface area (Å²) in [6.45, 7) is 0. The van der Waals surface area contributed by atoms with Gasteiger partial charge in [0.1, 0.15) is 7.14 Å². The topological polar surface area (TPSA) is 69.7 Å². The van der Waals surface area contributed by atoms with Gasteiger partial charge in [0, 0.05) is 16.8 Å². The van der Waals surface area contributed by atoms with Crippen LogP contribution in [0.3, 0.4) is 0 Å². The van der Waals surface area contributed by atoms with E-state index in [1.54, 1.807) is 0 Å². The molecule has 0 radical (unpaired) electrons. The molecule has 0 aliphatic rings. The van der Waals surface area contributed by atoms with E-state index in [1.807, 2.05) is 60.7 Å². The zero-order valence-electron chi connectivity index (χ0n) is 15.0. The third-order valence-electron chi connectivity index (χ3n) is 4.28. The number of benzene rings is 2. The van der Waals surface area contributed by atoms with E-state index in [0.717, 1.165) is 10.6 Å². The lowest BCUT2D eigenvalue weighted by atomic mass is 10.0. The second-order valence-corrected chi connectivity index (χ2v) is 8.83. The summed E-state index contributed by atoms with van der Waals surface area (Å²) in [5, 5.41) is 1.53. The molecular formula is C20H23O5P. The molecule has 26 heavy (non-hydrogen) atoms. The first-order valence-electron chi connectivity index (χ1n) is 8.39. The minimum absolute atomic E-state index is 0.225. The van der Waals surface area contributed by atoms with Crippen LogP contribution in [0.1, 0.15) is 12.8 Å². The summed E-state index contributed by atoms with van der Waals surface area (Å²) in [5.41, 5.74) is 0. The average Bonchev–Trinajstić information content (AvgIpc) is 2.71. The third-order valence-corrected chi connectivity index (χ3v) is 7.49. The molecule has 0 unspecified atom stereocenters. The van der Waals surface area contributed by atoms with Crippen molar-refractivity contribution in [3.05, 3.63) is 60.7 Å². The number of rotatable bonds is 8. The van der Waals surface area contributed by atoms with Crippen LogP contribution in [0, 0.1) is 5.92 Å². The van der Waals surface area contributed by atoms with E-state index >= 15 is 0 Å². The van der Waals surface area contributed by atoms with Gasteiger partial charge in [-0.25, -0.2) is 0 Å². The van der Waals surface area contributed by atoms with Gasteiger partial charge in [-0.1, -0.05) is 60.7 Å². The zero-order chi connectivity index (χ0) is 19.0. The fourth-order valence-electron chi connectivity index (χ4n) is 2.88. The van der Waals surface area contributed by atoms with Crippen molar-refractivity contribution in [1.29, 1.82) is 0 Å². The van der Waals surface area contributed by atoms with Crippen LogP contribution in [0.4, 0.5) is 0 Å². The number of hydrogen-bond acceptors (Lipinski definition) is 5. The Bertz CT molecular complexity index is 714. The Morgan fingerprint density at radius 2 is 1.27 bits per heavy atom. The molecular weight excluding hydrogens is 351 g/mol. The van der Waals surface area contributed by atoms with E-state index in [9.17, 15) is 14.2 Å². The molecule has 0 aromatic heterocycles. The lowest BCUT2D eigenvalue weighted by Crippen LogP contribution is -2.27. The van der Waals surface area contributed by atoms with E-state index in [-0.39, 0.29) is 6.42 Å². The van der Waals surface area contributed by atoms with Gasteiger partial charge in [0.25, 0.3) is 0 Å². The summed E-state index contributed by atoms with van der Waals surface area (Å²) in [6.07, 6.45) is 1.00. The Kier molecular flexibility index (Phi) is 7.16. The van der Waals surface area contributed by atoms with Crippen molar-refractivity contribution in [2.24, 2.45) is 5.92 Å². The summed E-state index contributed by atoms with van der Waals surface area (Å²) < 4.78 is 23.2. The molecule has 0 heterocycles. The van der Waals surface area contributed by atoms with Crippen molar-refractivity contribution in [1.82, 2.24) is 0 Å². The highest BCUT2D eigenvalue weighted by Gasteiger charge is 2.31. The van der Waals surface area contributed by atoms with Crippen LogP contribution >= 0.6 is 7.14 Å². The predicted molar refractivity (Wildman–Crippen MR) is 101 cm³/mol. The van der Waals surface area contributed by atoms with Gasteiger partial charge in [0.2, 0.25) is 0 Å². The fourth-order valence-corrected chi connectivity index (χ4v) is 5.63. The fraction of sp³-hybridized carbons (Fsp3) is 0.300. The molecule has 0 saturated heterocycles. The van der Waals surface area contributed by atoms with Crippen LogP contribution < -0.4 is 10.6 Å². The van der Waals surface area contributed by atoms with Crippen molar-refractivity contribution in [2.75, 3.05) is 20.4 Å². The first-order valence-corrected chi connectivity index (χ1v) is 10.3. The van der Waals surface area contributed by atoms with Gasteiger partial charge in [0.15, 0.2) is 5.92 Å². The van der Waals surface area contributed by atoms with Crippen molar-refractivity contribution in [2.45, 2.75) is 12.8 Å². The quantitative estimate of drug-likeness (QED) is 0.404. The highest BCUT2D eigenvalue weighted by molar-refractivity contribution is 7.78. The number of esters is 2. The van der Waals surface area contributed by atoms with E-state index in [1.165, 1.54) is 14.2 Å². The average molecular weight is 374 g/mol. The van der Waals surface area contributed by atoms with E-state index in [4.69, 9.17) is 0 Å². The molecule has 0 bridgehead atoms. The maximum Gasteiger partial charge on any atom is 0.320 e. The zero-order valence-corrected chi connectivity index (χ0v) is 15.9. The molecule has 0 saturated carbocycles. The standard InChI is InChI=1S/C20H23O5P/c1-24-19(21)18(20(22)25-2)14-9-15-26(23,16-10-5-3-6-11-16)17-12-7-4-8-13-17/h3-8,10-13,18H,9,14-15H2,1-2H3. The maximum absolute atomic E-state index is 13.8. The van der Waals surface area contributed by atoms with E-state index in [0.29, 0.717) is 12.6 Å². The molecule has 138 valence electrons. The monoisotopic (exact) mass is 374 g/mol. The van der Waals surface area contributed by atoms with Gasteiger partial charge in [-0.15, -0.1) is 0 Å². The Morgan fingerprint density at radius 1 is 0.846 bits per heavy atom. The van der Waals surface area contributed by atoms with E-state index < -0.39 is 25.0 Å². The van der Waals surface area contributed by atoms with Gasteiger partial charge < -0.3 is 14.0 Å².